The molecule has 3 heteroatoms. The van der Waals surface area contributed by atoms with Crippen LogP contribution in [0.15, 0.2) is 0 Å². The van der Waals surface area contributed by atoms with Crippen molar-refractivity contribution < 1.29 is 9.47 Å². The molecular formula is C22H45NO2. The van der Waals surface area contributed by atoms with Crippen LogP contribution in [0.5, 0.6) is 0 Å². The van der Waals surface area contributed by atoms with E-state index in [9.17, 15) is 0 Å². The Morgan fingerprint density at radius 1 is 0.880 bits per heavy atom. The molecule has 0 aromatic heterocycles. The van der Waals surface area contributed by atoms with Gasteiger partial charge in [0.2, 0.25) is 0 Å². The molecule has 1 heterocycles. The van der Waals surface area contributed by atoms with Gasteiger partial charge in [-0.15, -0.1) is 0 Å². The molecule has 1 aliphatic rings. The monoisotopic (exact) mass is 355 g/mol. The van der Waals surface area contributed by atoms with Gasteiger partial charge in [0.1, 0.15) is 5.60 Å². The Morgan fingerprint density at radius 2 is 1.40 bits per heavy atom. The summed E-state index contributed by atoms with van der Waals surface area (Å²) >= 11 is 0. The highest BCUT2D eigenvalue weighted by Crippen LogP contribution is 2.31. The maximum absolute atomic E-state index is 5.83. The minimum atomic E-state index is -0.155. The first-order valence-corrected chi connectivity index (χ1v) is 10.9. The number of hydrogen-bond donors (Lipinski definition) is 0. The molecular weight excluding hydrogens is 310 g/mol. The Kier molecular flexibility index (Phi) is 12.0. The Bertz CT molecular complexity index is 309. The Morgan fingerprint density at radius 3 is 1.80 bits per heavy atom. The fourth-order valence-electron chi connectivity index (χ4n) is 4.25. The van der Waals surface area contributed by atoms with Gasteiger partial charge in [-0.25, -0.2) is 0 Å². The van der Waals surface area contributed by atoms with Crippen molar-refractivity contribution in [3.63, 3.8) is 0 Å². The average molecular weight is 356 g/mol. The van der Waals surface area contributed by atoms with Gasteiger partial charge in [-0.3, -0.25) is 4.90 Å². The molecule has 2 atom stereocenters. The molecule has 25 heavy (non-hydrogen) atoms. The molecule has 0 spiro atoms. The first-order chi connectivity index (χ1) is 12.1. The molecule has 0 bridgehead atoms. The second kappa shape index (κ2) is 13.1. The zero-order valence-corrected chi connectivity index (χ0v) is 17.8. The molecule has 150 valence electrons. The molecule has 1 rings (SSSR count). The molecule has 0 aliphatic carbocycles. The van der Waals surface area contributed by atoms with Crippen LogP contribution in [0.3, 0.4) is 0 Å². The summed E-state index contributed by atoms with van der Waals surface area (Å²) in [5.41, 5.74) is -0.155. The van der Waals surface area contributed by atoms with E-state index in [2.05, 4.69) is 25.7 Å². The number of unbranched alkanes of at least 4 members (excludes halogenated alkanes) is 8. The van der Waals surface area contributed by atoms with E-state index >= 15 is 0 Å². The molecule has 0 saturated carbocycles. The first kappa shape index (κ1) is 22.9. The van der Waals surface area contributed by atoms with Gasteiger partial charge in [-0.1, -0.05) is 78.1 Å². The van der Waals surface area contributed by atoms with Crippen molar-refractivity contribution in [3.8, 4) is 0 Å². The van der Waals surface area contributed by atoms with Crippen LogP contribution in [0.4, 0.5) is 0 Å². The number of rotatable bonds is 15. The molecule has 3 nitrogen and oxygen atoms in total. The molecule has 0 aromatic carbocycles. The van der Waals surface area contributed by atoms with Crippen LogP contribution < -0.4 is 0 Å². The van der Waals surface area contributed by atoms with Crippen molar-refractivity contribution in [2.24, 2.45) is 0 Å². The van der Waals surface area contributed by atoms with Crippen molar-refractivity contribution >= 4 is 0 Å². The van der Waals surface area contributed by atoms with Crippen molar-refractivity contribution in [2.75, 3.05) is 27.3 Å². The third-order valence-electron chi connectivity index (χ3n) is 6.15. The largest absolute Gasteiger partial charge is 0.377 e. The summed E-state index contributed by atoms with van der Waals surface area (Å²) in [6.45, 7) is 8.83. The van der Waals surface area contributed by atoms with E-state index in [-0.39, 0.29) is 11.7 Å². The van der Waals surface area contributed by atoms with Gasteiger partial charge < -0.3 is 9.47 Å². The lowest BCUT2D eigenvalue weighted by Crippen LogP contribution is -2.42. The van der Waals surface area contributed by atoms with Gasteiger partial charge in [0.25, 0.3) is 0 Å². The average Bonchev–Trinajstić information content (AvgIpc) is 2.97. The summed E-state index contributed by atoms with van der Waals surface area (Å²) < 4.78 is 11.6. The molecule has 1 saturated heterocycles. The Labute approximate surface area is 157 Å². The van der Waals surface area contributed by atoms with E-state index in [0.717, 1.165) is 13.1 Å². The third kappa shape index (κ3) is 7.97. The second-order valence-electron chi connectivity index (χ2n) is 8.23. The standard InChI is InChI=1S/C22H45NO2/c1-6-8-10-12-14-16-20(17-15-13-11-9-7-2)23-18-21(24-4)22(3,19-23)25-5/h20-21H,6-19H2,1-5H3/t21-,22+/m0/s1. The van der Waals surface area contributed by atoms with E-state index < -0.39 is 0 Å². The smallest absolute Gasteiger partial charge is 0.105 e. The van der Waals surface area contributed by atoms with Gasteiger partial charge in [0.15, 0.2) is 0 Å². The van der Waals surface area contributed by atoms with Crippen molar-refractivity contribution in [2.45, 2.75) is 116 Å². The van der Waals surface area contributed by atoms with Crippen LogP contribution in [0.25, 0.3) is 0 Å². The Balaban J connectivity index is 2.51. The van der Waals surface area contributed by atoms with Gasteiger partial charge in [0, 0.05) is 33.4 Å². The van der Waals surface area contributed by atoms with E-state index in [1.165, 1.54) is 77.0 Å². The molecule has 1 fully saturated rings. The van der Waals surface area contributed by atoms with Gasteiger partial charge in [-0.2, -0.15) is 0 Å². The maximum Gasteiger partial charge on any atom is 0.105 e. The lowest BCUT2D eigenvalue weighted by atomic mass is 9.99. The summed E-state index contributed by atoms with van der Waals surface area (Å²) in [6, 6.07) is 0.706. The molecule has 0 amide bonds. The highest BCUT2D eigenvalue weighted by molar-refractivity contribution is 4.98. The molecule has 0 N–H and O–H groups in total. The molecule has 0 radical (unpaired) electrons. The summed E-state index contributed by atoms with van der Waals surface area (Å²) in [6.07, 6.45) is 16.6. The fraction of sp³-hybridized carbons (Fsp3) is 1.00. The van der Waals surface area contributed by atoms with Crippen molar-refractivity contribution in [1.82, 2.24) is 4.90 Å². The number of ether oxygens (including phenoxy) is 2. The predicted molar refractivity (Wildman–Crippen MR) is 108 cm³/mol. The highest BCUT2D eigenvalue weighted by atomic mass is 16.5. The lowest BCUT2D eigenvalue weighted by Gasteiger charge is -2.30. The van der Waals surface area contributed by atoms with Crippen LogP contribution >= 0.6 is 0 Å². The van der Waals surface area contributed by atoms with Crippen molar-refractivity contribution in [1.29, 1.82) is 0 Å². The SMILES string of the molecule is CCCCCCCC(CCCCCCC)N1C[C@H](OC)[C@](C)(OC)C1. The summed E-state index contributed by atoms with van der Waals surface area (Å²) in [7, 11) is 3.66. The van der Waals surface area contributed by atoms with Crippen molar-refractivity contribution in [3.05, 3.63) is 0 Å². The minimum absolute atomic E-state index is 0.155. The lowest BCUT2D eigenvalue weighted by molar-refractivity contribution is -0.0755. The predicted octanol–water partition coefficient (Wildman–Crippen LogP) is 5.81. The molecule has 0 aromatic rings. The van der Waals surface area contributed by atoms with Crippen LogP contribution in [0.2, 0.25) is 0 Å². The van der Waals surface area contributed by atoms with Gasteiger partial charge >= 0.3 is 0 Å². The van der Waals surface area contributed by atoms with Gasteiger partial charge in [-0.05, 0) is 19.8 Å². The van der Waals surface area contributed by atoms with Crippen LogP contribution in [-0.4, -0.2) is 50.0 Å². The highest BCUT2D eigenvalue weighted by Gasteiger charge is 2.45. The second-order valence-corrected chi connectivity index (χ2v) is 8.23. The first-order valence-electron chi connectivity index (χ1n) is 10.9. The quantitative estimate of drug-likeness (QED) is 0.346. The van der Waals surface area contributed by atoms with E-state index in [0.29, 0.717) is 6.04 Å². The normalized spacial score (nSPS) is 24.5. The summed E-state index contributed by atoms with van der Waals surface area (Å²) in [4.78, 5) is 2.66. The topological polar surface area (TPSA) is 21.7 Å². The number of hydrogen-bond acceptors (Lipinski definition) is 3. The van der Waals surface area contributed by atoms with E-state index in [1.807, 2.05) is 14.2 Å². The van der Waals surface area contributed by atoms with Crippen LogP contribution in [0, 0.1) is 0 Å². The minimum Gasteiger partial charge on any atom is -0.377 e. The summed E-state index contributed by atoms with van der Waals surface area (Å²) in [5, 5.41) is 0. The molecule has 0 unspecified atom stereocenters. The van der Waals surface area contributed by atoms with Gasteiger partial charge in [0.05, 0.1) is 6.10 Å². The number of likely N-dealkylation sites (tertiary alicyclic amines) is 1. The van der Waals surface area contributed by atoms with Crippen LogP contribution in [-0.2, 0) is 9.47 Å². The van der Waals surface area contributed by atoms with E-state index in [1.54, 1.807) is 0 Å². The number of nitrogens with zero attached hydrogens (tertiary/aromatic N) is 1. The summed E-state index contributed by atoms with van der Waals surface area (Å²) in [5.74, 6) is 0. The zero-order chi connectivity index (χ0) is 18.5. The Hall–Kier alpha value is -0.120. The fourth-order valence-corrected chi connectivity index (χ4v) is 4.25. The van der Waals surface area contributed by atoms with E-state index in [4.69, 9.17) is 9.47 Å². The maximum atomic E-state index is 5.83. The number of methoxy groups -OCH3 is 2. The molecule has 1 aliphatic heterocycles. The van der Waals surface area contributed by atoms with Crippen LogP contribution in [0.1, 0.15) is 97.8 Å². The third-order valence-corrected chi connectivity index (χ3v) is 6.15. The zero-order valence-electron chi connectivity index (χ0n) is 17.8.